The molecule has 28 heavy (non-hydrogen) atoms. The summed E-state index contributed by atoms with van der Waals surface area (Å²) in [6.45, 7) is 0.391. The van der Waals surface area contributed by atoms with Crippen molar-refractivity contribution in [3.8, 4) is 0 Å². The van der Waals surface area contributed by atoms with Crippen LogP contribution in [-0.2, 0) is 6.54 Å². The number of aromatic carboxylic acids is 1. The van der Waals surface area contributed by atoms with Gasteiger partial charge in [0.2, 0.25) is 0 Å². The van der Waals surface area contributed by atoms with Crippen LogP contribution in [0.1, 0.15) is 15.9 Å². The Labute approximate surface area is 168 Å². The number of nitrogens with one attached hydrogen (secondary N) is 1. The lowest BCUT2D eigenvalue weighted by molar-refractivity contribution is 0.0697. The highest BCUT2D eigenvalue weighted by Crippen LogP contribution is 2.25. The van der Waals surface area contributed by atoms with Crippen molar-refractivity contribution in [2.45, 2.75) is 6.54 Å². The number of halogens is 2. The Kier molecular flexibility index (Phi) is 4.85. The molecule has 0 saturated heterocycles. The molecule has 7 nitrogen and oxygen atoms in total. The monoisotopic (exact) mass is 413 g/mol. The van der Waals surface area contributed by atoms with E-state index in [-0.39, 0.29) is 5.56 Å². The molecule has 4 aromatic rings. The molecule has 0 aliphatic rings. The molecule has 0 atom stereocenters. The van der Waals surface area contributed by atoms with Gasteiger partial charge in [0.25, 0.3) is 0 Å². The van der Waals surface area contributed by atoms with Crippen LogP contribution in [0.3, 0.4) is 0 Å². The van der Waals surface area contributed by atoms with E-state index in [1.54, 1.807) is 43.0 Å². The molecule has 0 fully saturated rings. The van der Waals surface area contributed by atoms with Gasteiger partial charge in [0.05, 0.1) is 30.5 Å². The Morgan fingerprint density at radius 2 is 1.89 bits per heavy atom. The summed E-state index contributed by atoms with van der Waals surface area (Å²) in [6.07, 6.45) is 3.15. The number of carboxylic acids is 1. The van der Waals surface area contributed by atoms with Gasteiger partial charge in [-0.2, -0.15) is 0 Å². The van der Waals surface area contributed by atoms with Gasteiger partial charge in [0.15, 0.2) is 11.1 Å². The third-order valence-electron chi connectivity index (χ3n) is 4.15. The molecule has 0 spiro atoms. The maximum absolute atomic E-state index is 11.2. The van der Waals surface area contributed by atoms with Crippen LogP contribution < -0.4 is 5.49 Å². The minimum atomic E-state index is -1.01. The number of nitrogens with zero attached hydrogens (tertiary/aromatic N) is 4. The van der Waals surface area contributed by atoms with E-state index in [1.165, 1.54) is 12.1 Å². The summed E-state index contributed by atoms with van der Waals surface area (Å²) >= 11 is 12.5. The van der Waals surface area contributed by atoms with Crippen molar-refractivity contribution in [1.29, 1.82) is 0 Å². The molecule has 2 aromatic carbocycles. The Morgan fingerprint density at radius 3 is 2.64 bits per heavy atom. The van der Waals surface area contributed by atoms with Crippen LogP contribution in [0.5, 0.6) is 0 Å². The van der Waals surface area contributed by atoms with Gasteiger partial charge in [0, 0.05) is 15.6 Å². The zero-order valence-corrected chi connectivity index (χ0v) is 15.8. The third kappa shape index (κ3) is 3.49. The van der Waals surface area contributed by atoms with Gasteiger partial charge < -0.3 is 14.7 Å². The van der Waals surface area contributed by atoms with E-state index in [0.717, 1.165) is 5.56 Å². The summed E-state index contributed by atoms with van der Waals surface area (Å²) < 4.78 is 1.81. The van der Waals surface area contributed by atoms with Crippen molar-refractivity contribution in [3.63, 3.8) is 0 Å². The Bertz CT molecular complexity index is 1240. The van der Waals surface area contributed by atoms with Crippen LogP contribution in [-0.4, -0.2) is 30.6 Å². The van der Waals surface area contributed by atoms with Crippen LogP contribution in [0.4, 0.5) is 5.69 Å². The van der Waals surface area contributed by atoms with Crippen molar-refractivity contribution in [3.05, 3.63) is 81.8 Å². The summed E-state index contributed by atoms with van der Waals surface area (Å²) in [5.74, 6) is -1.01. The molecule has 0 saturated carbocycles. The van der Waals surface area contributed by atoms with E-state index in [4.69, 9.17) is 28.3 Å². The fraction of sp³-hybridized carbons (Fsp3) is 0.0526. The predicted octanol–water partition coefficient (Wildman–Crippen LogP) is 4.05. The zero-order valence-electron chi connectivity index (χ0n) is 14.3. The van der Waals surface area contributed by atoms with Crippen LogP contribution >= 0.6 is 23.2 Å². The number of carbonyl (C=O) groups is 1. The SMILES string of the molecule is O=C(O)c1cccc(N=c2ncn(Cc3c(Cl)cccc3Cl)c3nc[nH]c23)c1. The number of fused-ring (bicyclic) bond motifs is 1. The Hall–Kier alpha value is -3.16. The molecule has 9 heteroatoms. The number of carboxylic acid groups (broad SMARTS) is 1. The fourth-order valence-electron chi connectivity index (χ4n) is 2.80. The number of hydrogen-bond donors (Lipinski definition) is 2. The van der Waals surface area contributed by atoms with Gasteiger partial charge in [-0.1, -0.05) is 35.3 Å². The average molecular weight is 414 g/mol. The predicted molar refractivity (Wildman–Crippen MR) is 106 cm³/mol. The van der Waals surface area contributed by atoms with Crippen molar-refractivity contribution >= 4 is 46.0 Å². The van der Waals surface area contributed by atoms with Crippen molar-refractivity contribution in [2.24, 2.45) is 4.99 Å². The highest BCUT2D eigenvalue weighted by Gasteiger charge is 2.11. The molecular formula is C19H13Cl2N5O2. The van der Waals surface area contributed by atoms with Crippen LogP contribution in [0.25, 0.3) is 11.2 Å². The van der Waals surface area contributed by atoms with Gasteiger partial charge in [-0.05, 0) is 30.3 Å². The molecule has 140 valence electrons. The summed E-state index contributed by atoms with van der Waals surface area (Å²) in [5.41, 5.74) is 3.04. The highest BCUT2D eigenvalue weighted by molar-refractivity contribution is 6.36. The van der Waals surface area contributed by atoms with Gasteiger partial charge in [-0.15, -0.1) is 0 Å². The van der Waals surface area contributed by atoms with Crippen molar-refractivity contribution < 1.29 is 9.90 Å². The fourth-order valence-corrected chi connectivity index (χ4v) is 3.31. The first kappa shape index (κ1) is 18.2. The minimum Gasteiger partial charge on any atom is -0.478 e. The second kappa shape index (κ2) is 7.46. The first-order chi connectivity index (χ1) is 13.5. The number of hydrogen-bond acceptors (Lipinski definition) is 4. The number of rotatable bonds is 4. The number of benzene rings is 2. The standard InChI is InChI=1S/C19H13Cl2N5O2/c20-14-5-2-6-15(21)13(14)8-26-10-24-17(16-18(26)23-9-22-16)25-12-4-1-3-11(7-12)19(27)28/h1-7,9-10H,8H2,(H,22,23)(H,27,28). The van der Waals surface area contributed by atoms with Gasteiger partial charge in [-0.25, -0.2) is 19.8 Å². The van der Waals surface area contributed by atoms with Gasteiger partial charge in [0.1, 0.15) is 5.52 Å². The largest absolute Gasteiger partial charge is 0.478 e. The maximum atomic E-state index is 11.2. The van der Waals surface area contributed by atoms with Gasteiger partial charge in [-0.3, -0.25) is 0 Å². The first-order valence-electron chi connectivity index (χ1n) is 8.22. The normalized spacial score (nSPS) is 11.9. The second-order valence-electron chi connectivity index (χ2n) is 5.96. The molecule has 0 unspecified atom stereocenters. The smallest absolute Gasteiger partial charge is 0.335 e. The number of H-pyrrole nitrogens is 1. The van der Waals surface area contributed by atoms with Crippen molar-refractivity contribution in [1.82, 2.24) is 19.5 Å². The molecule has 2 aromatic heterocycles. The average Bonchev–Trinajstić information content (AvgIpc) is 3.17. The van der Waals surface area contributed by atoms with E-state index >= 15 is 0 Å². The summed E-state index contributed by atoms with van der Waals surface area (Å²) in [7, 11) is 0. The molecule has 0 amide bonds. The van der Waals surface area contributed by atoms with Crippen LogP contribution in [0, 0.1) is 0 Å². The second-order valence-corrected chi connectivity index (χ2v) is 6.78. The van der Waals surface area contributed by atoms with Crippen LogP contribution in [0.15, 0.2) is 60.1 Å². The number of aromatic amines is 1. The lowest BCUT2D eigenvalue weighted by Gasteiger charge is -2.10. The van der Waals surface area contributed by atoms with Gasteiger partial charge >= 0.3 is 5.97 Å². The molecule has 4 rings (SSSR count). The third-order valence-corrected chi connectivity index (χ3v) is 4.86. The Morgan fingerprint density at radius 1 is 1.14 bits per heavy atom. The number of aromatic nitrogens is 4. The van der Waals surface area contributed by atoms with E-state index in [9.17, 15) is 4.79 Å². The summed E-state index contributed by atoms with van der Waals surface area (Å²) in [4.78, 5) is 27.4. The highest BCUT2D eigenvalue weighted by atomic mass is 35.5. The van der Waals surface area contributed by atoms with Crippen molar-refractivity contribution in [2.75, 3.05) is 0 Å². The molecule has 0 aliphatic heterocycles. The molecule has 0 bridgehead atoms. The van der Waals surface area contributed by atoms with E-state index in [1.807, 2.05) is 4.57 Å². The lowest BCUT2D eigenvalue weighted by Crippen LogP contribution is -2.15. The van der Waals surface area contributed by atoms with E-state index in [0.29, 0.717) is 38.9 Å². The molecule has 0 aliphatic carbocycles. The van der Waals surface area contributed by atoms with E-state index < -0.39 is 5.97 Å². The van der Waals surface area contributed by atoms with Crippen LogP contribution in [0.2, 0.25) is 10.0 Å². The summed E-state index contributed by atoms with van der Waals surface area (Å²) in [5, 5.41) is 10.3. The molecule has 0 radical (unpaired) electrons. The topological polar surface area (TPSA) is 96.2 Å². The quantitative estimate of drug-likeness (QED) is 0.527. The minimum absolute atomic E-state index is 0.154. The van der Waals surface area contributed by atoms with E-state index in [2.05, 4.69) is 19.9 Å². The summed E-state index contributed by atoms with van der Waals surface area (Å²) in [6, 6.07) is 11.7. The molecule has 2 N–H and O–H groups in total. The zero-order chi connectivity index (χ0) is 19.7. The number of imidazole rings is 1. The maximum Gasteiger partial charge on any atom is 0.335 e. The first-order valence-corrected chi connectivity index (χ1v) is 8.98. The Balaban J connectivity index is 1.80. The lowest BCUT2D eigenvalue weighted by atomic mass is 10.2. The molecule has 2 heterocycles. The molecular weight excluding hydrogens is 401 g/mol.